The van der Waals surface area contributed by atoms with Crippen molar-refractivity contribution in [1.29, 1.82) is 0 Å². The van der Waals surface area contributed by atoms with E-state index in [1.165, 1.54) is 6.20 Å². The summed E-state index contributed by atoms with van der Waals surface area (Å²) in [6.45, 7) is 0. The van der Waals surface area contributed by atoms with Gasteiger partial charge >= 0.3 is 0 Å². The Balaban J connectivity index is 2.14. The van der Waals surface area contributed by atoms with Gasteiger partial charge in [-0.05, 0) is 36.6 Å². The molecule has 0 saturated heterocycles. The molecule has 2 rings (SSSR count). The zero-order valence-corrected chi connectivity index (χ0v) is 10.7. The van der Waals surface area contributed by atoms with Gasteiger partial charge in [0.2, 0.25) is 0 Å². The maximum Gasteiger partial charge on any atom is 0.257 e. The minimum absolute atomic E-state index is 0.230. The first-order valence-electron chi connectivity index (χ1n) is 5.35. The number of hydrogen-bond acceptors (Lipinski definition) is 4. The third-order valence-electron chi connectivity index (χ3n) is 2.44. The van der Waals surface area contributed by atoms with Crippen LogP contribution in [0.3, 0.4) is 0 Å². The lowest BCUT2D eigenvalue weighted by atomic mass is 10.2. The molecule has 0 radical (unpaired) electrons. The van der Waals surface area contributed by atoms with Crippen molar-refractivity contribution < 1.29 is 4.79 Å². The van der Waals surface area contributed by atoms with Crippen LogP contribution in [-0.4, -0.2) is 17.1 Å². The van der Waals surface area contributed by atoms with E-state index in [2.05, 4.69) is 10.3 Å². The van der Waals surface area contributed by atoms with Gasteiger partial charge in [0.1, 0.15) is 0 Å². The molecule has 1 aromatic heterocycles. The number of anilines is 2. The molecule has 0 bridgehead atoms. The number of carbonyl (C=O) groups excluding carboxylic acids is 1. The van der Waals surface area contributed by atoms with E-state index >= 15 is 0 Å². The molecule has 1 heterocycles. The molecule has 1 amide bonds. The van der Waals surface area contributed by atoms with Crippen LogP contribution in [0.2, 0.25) is 0 Å². The van der Waals surface area contributed by atoms with E-state index in [0.717, 1.165) is 10.6 Å². The molecule has 0 saturated carbocycles. The first kappa shape index (κ1) is 12.4. The van der Waals surface area contributed by atoms with Crippen molar-refractivity contribution in [1.82, 2.24) is 4.98 Å². The van der Waals surface area contributed by atoms with Crippen molar-refractivity contribution in [2.24, 2.45) is 0 Å². The minimum Gasteiger partial charge on any atom is -0.397 e. The van der Waals surface area contributed by atoms with Crippen LogP contribution < -0.4 is 11.1 Å². The Hall–Kier alpha value is -2.01. The number of nitrogens with zero attached hydrogens (tertiary/aromatic N) is 1. The summed E-state index contributed by atoms with van der Waals surface area (Å²) in [5, 5.41) is 2.79. The second-order valence-corrected chi connectivity index (χ2v) is 4.53. The third-order valence-corrected chi connectivity index (χ3v) is 3.19. The van der Waals surface area contributed by atoms with Crippen LogP contribution in [0.25, 0.3) is 0 Å². The van der Waals surface area contributed by atoms with E-state index in [4.69, 9.17) is 5.73 Å². The van der Waals surface area contributed by atoms with E-state index in [-0.39, 0.29) is 5.91 Å². The topological polar surface area (TPSA) is 68.0 Å². The molecule has 1 aromatic carbocycles. The molecule has 4 nitrogen and oxygen atoms in total. The number of carbonyl (C=O) groups is 1. The van der Waals surface area contributed by atoms with E-state index in [0.29, 0.717) is 11.3 Å². The Morgan fingerprint density at radius 3 is 2.61 bits per heavy atom. The van der Waals surface area contributed by atoms with Crippen molar-refractivity contribution in [3.63, 3.8) is 0 Å². The highest BCUT2D eigenvalue weighted by molar-refractivity contribution is 7.98. The number of nitrogens with one attached hydrogen (secondary N) is 1. The monoisotopic (exact) mass is 259 g/mol. The zero-order valence-electron chi connectivity index (χ0n) is 9.88. The number of thioether (sulfide) groups is 1. The van der Waals surface area contributed by atoms with Gasteiger partial charge in [0.15, 0.2) is 0 Å². The van der Waals surface area contributed by atoms with Crippen LogP contribution >= 0.6 is 11.8 Å². The van der Waals surface area contributed by atoms with Crippen molar-refractivity contribution in [2.75, 3.05) is 17.3 Å². The Morgan fingerprint density at radius 2 is 2.00 bits per heavy atom. The van der Waals surface area contributed by atoms with Gasteiger partial charge in [0.05, 0.1) is 17.4 Å². The largest absolute Gasteiger partial charge is 0.397 e. The maximum absolute atomic E-state index is 12.0. The molecule has 5 heteroatoms. The predicted octanol–water partition coefficient (Wildman–Crippen LogP) is 2.64. The molecule has 0 aliphatic rings. The SMILES string of the molecule is CSc1ccc(NC(=O)c2ccncc2N)cc1. The standard InChI is InChI=1S/C13H13N3OS/c1-18-10-4-2-9(3-5-10)16-13(17)11-6-7-15-8-12(11)14/h2-8H,14H2,1H3,(H,16,17). The predicted molar refractivity (Wildman–Crippen MR) is 74.8 cm³/mol. The van der Waals surface area contributed by atoms with Crippen LogP contribution in [-0.2, 0) is 0 Å². The van der Waals surface area contributed by atoms with Gasteiger partial charge in [0, 0.05) is 16.8 Å². The molecule has 0 fully saturated rings. The molecule has 92 valence electrons. The lowest BCUT2D eigenvalue weighted by Gasteiger charge is -2.07. The average molecular weight is 259 g/mol. The van der Waals surface area contributed by atoms with Gasteiger partial charge in [0.25, 0.3) is 5.91 Å². The molecule has 18 heavy (non-hydrogen) atoms. The third kappa shape index (κ3) is 2.81. The van der Waals surface area contributed by atoms with Gasteiger partial charge in [-0.25, -0.2) is 0 Å². The molecule has 3 N–H and O–H groups in total. The summed E-state index contributed by atoms with van der Waals surface area (Å²) in [5.41, 5.74) is 7.24. The number of pyridine rings is 1. The van der Waals surface area contributed by atoms with E-state index < -0.39 is 0 Å². The fourth-order valence-electron chi connectivity index (χ4n) is 1.49. The van der Waals surface area contributed by atoms with Crippen LogP contribution in [0.4, 0.5) is 11.4 Å². The summed E-state index contributed by atoms with van der Waals surface area (Å²) in [6.07, 6.45) is 5.01. The molecule has 0 aliphatic carbocycles. The lowest BCUT2D eigenvalue weighted by molar-refractivity contribution is 0.102. The number of aromatic nitrogens is 1. The summed E-state index contributed by atoms with van der Waals surface area (Å²) in [5.74, 6) is -0.230. The van der Waals surface area contributed by atoms with Crippen molar-refractivity contribution in [3.8, 4) is 0 Å². The Labute approximate surface area is 110 Å². The normalized spacial score (nSPS) is 10.1. The number of benzene rings is 1. The van der Waals surface area contributed by atoms with Gasteiger partial charge in [-0.1, -0.05) is 0 Å². The lowest BCUT2D eigenvalue weighted by Crippen LogP contribution is -2.14. The second kappa shape index (κ2) is 5.55. The maximum atomic E-state index is 12.0. The van der Waals surface area contributed by atoms with Gasteiger partial charge in [-0.3, -0.25) is 9.78 Å². The van der Waals surface area contributed by atoms with E-state index in [1.807, 2.05) is 30.5 Å². The summed E-state index contributed by atoms with van der Waals surface area (Å²) < 4.78 is 0. The molecule has 0 unspecified atom stereocenters. The van der Waals surface area contributed by atoms with Crippen LogP contribution in [0, 0.1) is 0 Å². The Morgan fingerprint density at radius 1 is 1.28 bits per heavy atom. The molecular formula is C13H13N3OS. The van der Waals surface area contributed by atoms with Crippen LogP contribution in [0.15, 0.2) is 47.6 Å². The van der Waals surface area contributed by atoms with Crippen molar-refractivity contribution in [2.45, 2.75) is 4.90 Å². The van der Waals surface area contributed by atoms with E-state index in [9.17, 15) is 4.79 Å². The minimum atomic E-state index is -0.230. The smallest absolute Gasteiger partial charge is 0.257 e. The van der Waals surface area contributed by atoms with E-state index in [1.54, 1.807) is 24.0 Å². The molecular weight excluding hydrogens is 246 g/mol. The van der Waals surface area contributed by atoms with Crippen molar-refractivity contribution >= 4 is 29.0 Å². The van der Waals surface area contributed by atoms with Crippen molar-refractivity contribution in [3.05, 3.63) is 48.3 Å². The molecule has 0 atom stereocenters. The summed E-state index contributed by atoms with van der Waals surface area (Å²) >= 11 is 1.65. The molecule has 2 aromatic rings. The first-order chi connectivity index (χ1) is 8.70. The highest BCUT2D eigenvalue weighted by Gasteiger charge is 2.09. The second-order valence-electron chi connectivity index (χ2n) is 3.65. The zero-order chi connectivity index (χ0) is 13.0. The summed E-state index contributed by atoms with van der Waals surface area (Å²) in [7, 11) is 0. The van der Waals surface area contributed by atoms with Gasteiger partial charge in [-0.15, -0.1) is 11.8 Å². The van der Waals surface area contributed by atoms with Gasteiger partial charge in [-0.2, -0.15) is 0 Å². The van der Waals surface area contributed by atoms with Crippen LogP contribution in [0.5, 0.6) is 0 Å². The highest BCUT2D eigenvalue weighted by atomic mass is 32.2. The number of nitrogen functional groups attached to an aromatic ring is 1. The fourth-order valence-corrected chi connectivity index (χ4v) is 1.89. The Kier molecular flexibility index (Phi) is 3.84. The number of nitrogens with two attached hydrogens (primary N) is 1. The molecule has 0 aliphatic heterocycles. The number of rotatable bonds is 3. The molecule has 0 spiro atoms. The average Bonchev–Trinajstić information content (AvgIpc) is 2.40. The first-order valence-corrected chi connectivity index (χ1v) is 6.58. The number of hydrogen-bond donors (Lipinski definition) is 2. The highest BCUT2D eigenvalue weighted by Crippen LogP contribution is 2.18. The number of amides is 1. The quantitative estimate of drug-likeness (QED) is 0.831. The summed E-state index contributed by atoms with van der Waals surface area (Å²) in [6, 6.07) is 9.23. The Bertz CT molecular complexity index is 554. The van der Waals surface area contributed by atoms with Gasteiger partial charge < -0.3 is 11.1 Å². The summed E-state index contributed by atoms with van der Waals surface area (Å²) in [4.78, 5) is 17.0. The van der Waals surface area contributed by atoms with Crippen LogP contribution in [0.1, 0.15) is 10.4 Å². The fraction of sp³-hybridized carbons (Fsp3) is 0.0769.